The summed E-state index contributed by atoms with van der Waals surface area (Å²) in [5.41, 5.74) is 5.69. The van der Waals surface area contributed by atoms with Gasteiger partial charge in [-0.2, -0.15) is 24.7 Å². The lowest BCUT2D eigenvalue weighted by Crippen LogP contribution is -2.07. The number of nitrogen functional groups attached to an aromatic ring is 1. The second kappa shape index (κ2) is 5.84. The fourth-order valence-corrected chi connectivity index (χ4v) is 2.62. The number of benzene rings is 1. The second-order valence-electron chi connectivity index (χ2n) is 3.79. The molecule has 3 rings (SSSR count). The molecule has 0 aliphatic rings. The lowest BCUT2D eigenvalue weighted by molar-refractivity contribution is 0.763. The minimum atomic E-state index is 0.0954. The SMILES string of the molecule is Nc1nc(Sc2ccc(Cl)c(Cl)c2)nc(-n2cncn2)n1. The lowest BCUT2D eigenvalue weighted by atomic mass is 10.4. The molecule has 0 aliphatic carbocycles. The van der Waals surface area contributed by atoms with Gasteiger partial charge in [0.25, 0.3) is 5.95 Å². The van der Waals surface area contributed by atoms with E-state index in [2.05, 4.69) is 25.0 Å². The minimum absolute atomic E-state index is 0.0954. The van der Waals surface area contributed by atoms with Crippen molar-refractivity contribution in [1.29, 1.82) is 0 Å². The average Bonchev–Trinajstić information content (AvgIpc) is 2.96. The van der Waals surface area contributed by atoms with Gasteiger partial charge in [0.1, 0.15) is 12.7 Å². The molecule has 2 aromatic heterocycles. The van der Waals surface area contributed by atoms with Gasteiger partial charge < -0.3 is 5.73 Å². The summed E-state index contributed by atoms with van der Waals surface area (Å²) in [4.78, 5) is 17.0. The third kappa shape index (κ3) is 3.23. The summed E-state index contributed by atoms with van der Waals surface area (Å²) in [6, 6.07) is 5.24. The summed E-state index contributed by atoms with van der Waals surface area (Å²) in [5, 5.41) is 5.32. The first kappa shape index (κ1) is 14.1. The number of nitrogens with two attached hydrogens (primary N) is 1. The summed E-state index contributed by atoms with van der Waals surface area (Å²) < 4.78 is 1.40. The van der Waals surface area contributed by atoms with Crippen LogP contribution in [-0.4, -0.2) is 29.7 Å². The Morgan fingerprint density at radius 2 is 1.95 bits per heavy atom. The number of rotatable bonds is 3. The molecule has 0 saturated heterocycles. The predicted octanol–water partition coefficient (Wildman–Crippen LogP) is 2.49. The Bertz CT molecular complexity index is 778. The van der Waals surface area contributed by atoms with E-state index in [0.717, 1.165) is 4.90 Å². The van der Waals surface area contributed by atoms with Gasteiger partial charge in [0.05, 0.1) is 10.0 Å². The molecule has 0 atom stereocenters. The Morgan fingerprint density at radius 1 is 1.10 bits per heavy atom. The van der Waals surface area contributed by atoms with Crippen LogP contribution in [0.3, 0.4) is 0 Å². The van der Waals surface area contributed by atoms with Crippen LogP contribution in [0.5, 0.6) is 0 Å². The van der Waals surface area contributed by atoms with E-state index in [-0.39, 0.29) is 5.95 Å². The van der Waals surface area contributed by atoms with Gasteiger partial charge in [-0.1, -0.05) is 23.2 Å². The predicted molar refractivity (Wildman–Crippen MR) is 79.7 cm³/mol. The molecule has 0 amide bonds. The van der Waals surface area contributed by atoms with Crippen LogP contribution in [0.1, 0.15) is 0 Å². The van der Waals surface area contributed by atoms with Crippen molar-refractivity contribution in [2.75, 3.05) is 5.73 Å². The molecular weight excluding hydrogens is 333 g/mol. The van der Waals surface area contributed by atoms with Crippen molar-refractivity contribution < 1.29 is 0 Å². The van der Waals surface area contributed by atoms with Crippen LogP contribution in [0.4, 0.5) is 5.95 Å². The number of aromatic nitrogens is 6. The van der Waals surface area contributed by atoms with E-state index in [1.807, 2.05) is 6.07 Å². The zero-order chi connectivity index (χ0) is 14.8. The summed E-state index contributed by atoms with van der Waals surface area (Å²) >= 11 is 13.1. The summed E-state index contributed by atoms with van der Waals surface area (Å²) in [6.07, 6.45) is 2.86. The molecule has 106 valence electrons. The molecule has 0 aliphatic heterocycles. The van der Waals surface area contributed by atoms with E-state index in [9.17, 15) is 0 Å². The highest BCUT2D eigenvalue weighted by Gasteiger charge is 2.09. The second-order valence-corrected chi connectivity index (χ2v) is 5.65. The van der Waals surface area contributed by atoms with E-state index in [1.165, 1.54) is 29.1 Å². The molecule has 1 aromatic carbocycles. The summed E-state index contributed by atoms with van der Waals surface area (Å²) in [5.74, 6) is 0.389. The number of nitrogens with zero attached hydrogens (tertiary/aromatic N) is 6. The maximum absolute atomic E-state index is 5.98. The van der Waals surface area contributed by atoms with E-state index in [4.69, 9.17) is 28.9 Å². The summed E-state index contributed by atoms with van der Waals surface area (Å²) in [7, 11) is 0. The van der Waals surface area contributed by atoms with Gasteiger partial charge in [0.15, 0.2) is 5.16 Å². The van der Waals surface area contributed by atoms with Crippen LogP contribution < -0.4 is 5.73 Å². The third-order valence-electron chi connectivity index (χ3n) is 2.34. The van der Waals surface area contributed by atoms with Crippen molar-refractivity contribution >= 4 is 40.9 Å². The standard InChI is InChI=1S/C11H7Cl2N7S/c12-7-2-1-6(3-8(7)13)21-11-18-9(14)17-10(19-11)20-5-15-4-16-20/h1-5H,(H2,14,17,18,19). The molecule has 0 unspecified atom stereocenters. The van der Waals surface area contributed by atoms with Crippen molar-refractivity contribution in [2.24, 2.45) is 0 Å². The zero-order valence-electron chi connectivity index (χ0n) is 10.3. The normalized spacial score (nSPS) is 10.8. The first-order valence-corrected chi connectivity index (χ1v) is 7.18. The monoisotopic (exact) mass is 339 g/mol. The molecule has 3 aromatic rings. The molecule has 2 heterocycles. The minimum Gasteiger partial charge on any atom is -0.368 e. The number of hydrogen-bond donors (Lipinski definition) is 1. The van der Waals surface area contributed by atoms with Gasteiger partial charge in [-0.05, 0) is 30.0 Å². The first-order valence-electron chi connectivity index (χ1n) is 5.61. The highest BCUT2D eigenvalue weighted by molar-refractivity contribution is 7.99. The topological polar surface area (TPSA) is 95.4 Å². The van der Waals surface area contributed by atoms with Gasteiger partial charge in [-0.3, -0.25) is 0 Å². The Morgan fingerprint density at radius 3 is 2.67 bits per heavy atom. The van der Waals surface area contributed by atoms with Gasteiger partial charge in [0, 0.05) is 4.90 Å². The molecule has 10 heteroatoms. The van der Waals surface area contributed by atoms with Gasteiger partial charge in [0.2, 0.25) is 5.95 Å². The Labute approximate surface area is 133 Å². The number of halogens is 2. The molecule has 0 bridgehead atoms. The molecular formula is C11H7Cl2N7S. The number of hydrogen-bond acceptors (Lipinski definition) is 7. The van der Waals surface area contributed by atoms with Crippen LogP contribution >= 0.6 is 35.0 Å². The van der Waals surface area contributed by atoms with Crippen molar-refractivity contribution in [3.63, 3.8) is 0 Å². The van der Waals surface area contributed by atoms with Crippen LogP contribution in [0, 0.1) is 0 Å². The largest absolute Gasteiger partial charge is 0.368 e. The summed E-state index contributed by atoms with van der Waals surface area (Å²) in [6.45, 7) is 0. The Hall–Kier alpha value is -1.90. The molecule has 2 N–H and O–H groups in total. The molecule has 0 fully saturated rings. The quantitative estimate of drug-likeness (QED) is 0.782. The number of anilines is 1. The fourth-order valence-electron chi connectivity index (χ4n) is 1.47. The van der Waals surface area contributed by atoms with E-state index >= 15 is 0 Å². The maximum Gasteiger partial charge on any atom is 0.257 e. The van der Waals surface area contributed by atoms with Gasteiger partial charge in [-0.15, -0.1) is 0 Å². The highest BCUT2D eigenvalue weighted by Crippen LogP contribution is 2.31. The third-order valence-corrected chi connectivity index (χ3v) is 3.94. The maximum atomic E-state index is 5.98. The molecule has 0 spiro atoms. The van der Waals surface area contributed by atoms with Crippen LogP contribution in [-0.2, 0) is 0 Å². The smallest absolute Gasteiger partial charge is 0.257 e. The van der Waals surface area contributed by atoms with Crippen LogP contribution in [0.2, 0.25) is 10.0 Å². The Balaban J connectivity index is 1.93. The molecule has 7 nitrogen and oxygen atoms in total. The first-order chi connectivity index (χ1) is 10.1. The van der Waals surface area contributed by atoms with Gasteiger partial charge >= 0.3 is 0 Å². The van der Waals surface area contributed by atoms with E-state index in [0.29, 0.717) is 21.2 Å². The average molecular weight is 340 g/mol. The molecule has 0 radical (unpaired) electrons. The fraction of sp³-hybridized carbons (Fsp3) is 0. The van der Waals surface area contributed by atoms with E-state index in [1.54, 1.807) is 12.1 Å². The highest BCUT2D eigenvalue weighted by atomic mass is 35.5. The van der Waals surface area contributed by atoms with Crippen molar-refractivity contribution in [1.82, 2.24) is 29.7 Å². The Kier molecular flexibility index (Phi) is 3.91. The van der Waals surface area contributed by atoms with Gasteiger partial charge in [-0.25, -0.2) is 4.98 Å². The van der Waals surface area contributed by atoms with Crippen LogP contribution in [0.15, 0.2) is 40.9 Å². The van der Waals surface area contributed by atoms with Crippen molar-refractivity contribution in [3.8, 4) is 5.95 Å². The van der Waals surface area contributed by atoms with E-state index < -0.39 is 0 Å². The molecule has 0 saturated carbocycles. The van der Waals surface area contributed by atoms with Crippen LogP contribution in [0.25, 0.3) is 5.95 Å². The lowest BCUT2D eigenvalue weighted by Gasteiger charge is -2.05. The molecule has 21 heavy (non-hydrogen) atoms. The zero-order valence-corrected chi connectivity index (χ0v) is 12.6. The van der Waals surface area contributed by atoms with Crippen molar-refractivity contribution in [2.45, 2.75) is 10.1 Å². The van der Waals surface area contributed by atoms with Crippen molar-refractivity contribution in [3.05, 3.63) is 40.9 Å².